The van der Waals surface area contributed by atoms with Crippen LogP contribution in [0.1, 0.15) is 25.7 Å². The molecule has 0 spiro atoms. The molecule has 0 atom stereocenters. The topological polar surface area (TPSA) is 42.3 Å². The average Bonchev–Trinajstić information content (AvgIpc) is 2.95. The van der Waals surface area contributed by atoms with Crippen molar-refractivity contribution >= 4 is 16.7 Å². The van der Waals surface area contributed by atoms with Gasteiger partial charge in [-0.2, -0.15) is 0 Å². The first kappa shape index (κ1) is 17.9. The van der Waals surface area contributed by atoms with Gasteiger partial charge in [0.15, 0.2) is 0 Å². The number of nitrogens with one attached hydrogen (secondary N) is 1. The molecule has 1 aromatic heterocycles. The Hall–Kier alpha value is -2.53. The first-order valence-corrected chi connectivity index (χ1v) is 9.94. The molecule has 1 saturated heterocycles. The third kappa shape index (κ3) is 4.25. The zero-order valence-electron chi connectivity index (χ0n) is 16.0. The molecule has 27 heavy (non-hydrogen) atoms. The number of rotatable bonds is 6. The molecule has 0 radical (unpaired) electrons. The summed E-state index contributed by atoms with van der Waals surface area (Å²) in [4.78, 5) is 7.09. The van der Waals surface area contributed by atoms with Crippen LogP contribution >= 0.6 is 0 Å². The molecule has 1 N–H and O–H groups in total. The highest BCUT2D eigenvalue weighted by atomic mass is 16.5. The largest absolute Gasteiger partial charge is 0.492 e. The smallest absolute Gasteiger partial charge is 0.121 e. The van der Waals surface area contributed by atoms with Crippen molar-refractivity contribution in [3.05, 3.63) is 48.8 Å². The molecule has 142 valence electrons. The lowest BCUT2D eigenvalue weighted by Gasteiger charge is -2.19. The van der Waals surface area contributed by atoms with Gasteiger partial charge in [-0.25, -0.2) is 4.98 Å². The Balaban J connectivity index is 1.42. The van der Waals surface area contributed by atoms with E-state index in [-0.39, 0.29) is 0 Å². The van der Waals surface area contributed by atoms with Gasteiger partial charge in [-0.1, -0.05) is 12.8 Å². The van der Waals surface area contributed by atoms with Crippen molar-refractivity contribution in [1.29, 1.82) is 0 Å². The molecule has 2 aromatic carbocycles. The molecule has 5 heteroatoms. The predicted molar refractivity (Wildman–Crippen MR) is 111 cm³/mol. The van der Waals surface area contributed by atoms with E-state index in [0.29, 0.717) is 0 Å². The number of imidazole rings is 1. The van der Waals surface area contributed by atoms with Gasteiger partial charge in [0.1, 0.15) is 18.7 Å². The summed E-state index contributed by atoms with van der Waals surface area (Å²) in [5.41, 5.74) is 4.25. The number of hydrogen-bond donors (Lipinski definition) is 1. The number of benzene rings is 2. The molecular formula is C22H28N4O. The summed E-state index contributed by atoms with van der Waals surface area (Å²) in [6.07, 6.45) is 7.25. The van der Waals surface area contributed by atoms with Gasteiger partial charge in [-0.15, -0.1) is 0 Å². The monoisotopic (exact) mass is 364 g/mol. The summed E-state index contributed by atoms with van der Waals surface area (Å²) >= 11 is 0. The third-order valence-corrected chi connectivity index (χ3v) is 5.33. The number of hydrogen-bond acceptors (Lipinski definition) is 4. The number of ether oxygens (including phenoxy) is 1. The SMILES string of the molecule is CNc1ccc(-n2cnc3cc(OCCN4CCCCCC4)ccc32)cc1. The van der Waals surface area contributed by atoms with E-state index in [1.165, 1.54) is 38.8 Å². The number of fused-ring (bicyclic) bond motifs is 1. The van der Waals surface area contributed by atoms with Crippen molar-refractivity contribution in [3.63, 3.8) is 0 Å². The Kier molecular flexibility index (Phi) is 5.58. The molecule has 1 aliphatic rings. The highest BCUT2D eigenvalue weighted by molar-refractivity contribution is 5.79. The summed E-state index contributed by atoms with van der Waals surface area (Å²) in [7, 11) is 1.93. The highest BCUT2D eigenvalue weighted by Crippen LogP contribution is 2.23. The van der Waals surface area contributed by atoms with Crippen LogP contribution in [0, 0.1) is 0 Å². The number of likely N-dealkylation sites (tertiary alicyclic amines) is 1. The van der Waals surface area contributed by atoms with Crippen molar-refractivity contribution in [2.75, 3.05) is 38.6 Å². The van der Waals surface area contributed by atoms with E-state index in [1.807, 2.05) is 25.5 Å². The normalized spacial score (nSPS) is 15.6. The van der Waals surface area contributed by atoms with Crippen LogP contribution in [-0.2, 0) is 0 Å². The van der Waals surface area contributed by atoms with E-state index >= 15 is 0 Å². The van der Waals surface area contributed by atoms with E-state index in [2.05, 4.69) is 50.1 Å². The van der Waals surface area contributed by atoms with E-state index in [1.54, 1.807) is 0 Å². The van der Waals surface area contributed by atoms with Crippen LogP contribution in [0.5, 0.6) is 5.75 Å². The quantitative estimate of drug-likeness (QED) is 0.707. The van der Waals surface area contributed by atoms with Gasteiger partial charge in [0.2, 0.25) is 0 Å². The molecular weight excluding hydrogens is 336 g/mol. The summed E-state index contributed by atoms with van der Waals surface area (Å²) < 4.78 is 8.11. The Morgan fingerprint density at radius 2 is 1.78 bits per heavy atom. The molecule has 1 aliphatic heterocycles. The molecule has 0 unspecified atom stereocenters. The van der Waals surface area contributed by atoms with E-state index in [9.17, 15) is 0 Å². The van der Waals surface area contributed by atoms with E-state index < -0.39 is 0 Å². The maximum absolute atomic E-state index is 6.00. The Bertz CT molecular complexity index is 864. The number of aromatic nitrogens is 2. The molecule has 2 heterocycles. The van der Waals surface area contributed by atoms with Gasteiger partial charge in [-0.05, 0) is 62.3 Å². The predicted octanol–water partition coefficient (Wildman–Crippen LogP) is 4.32. The van der Waals surface area contributed by atoms with Gasteiger partial charge in [0, 0.05) is 31.0 Å². The zero-order chi connectivity index (χ0) is 18.5. The van der Waals surface area contributed by atoms with E-state index in [4.69, 9.17) is 4.74 Å². The minimum absolute atomic E-state index is 0.734. The Morgan fingerprint density at radius 1 is 1.00 bits per heavy atom. The Morgan fingerprint density at radius 3 is 2.52 bits per heavy atom. The van der Waals surface area contributed by atoms with Crippen molar-refractivity contribution < 1.29 is 4.74 Å². The fourth-order valence-corrected chi connectivity index (χ4v) is 3.73. The second-order valence-corrected chi connectivity index (χ2v) is 7.17. The van der Waals surface area contributed by atoms with Crippen LogP contribution in [0.25, 0.3) is 16.7 Å². The molecule has 1 fully saturated rings. The zero-order valence-corrected chi connectivity index (χ0v) is 16.0. The van der Waals surface area contributed by atoms with Crippen LogP contribution in [-0.4, -0.2) is 47.7 Å². The van der Waals surface area contributed by atoms with Crippen LogP contribution in [0.3, 0.4) is 0 Å². The van der Waals surface area contributed by atoms with Crippen molar-refractivity contribution in [3.8, 4) is 11.4 Å². The van der Waals surface area contributed by atoms with Gasteiger partial charge in [0.05, 0.1) is 11.0 Å². The maximum atomic E-state index is 6.00. The van der Waals surface area contributed by atoms with Crippen LogP contribution in [0.2, 0.25) is 0 Å². The summed E-state index contributed by atoms with van der Waals surface area (Å²) in [6.45, 7) is 4.15. The minimum Gasteiger partial charge on any atom is -0.492 e. The second-order valence-electron chi connectivity index (χ2n) is 7.17. The van der Waals surface area contributed by atoms with Gasteiger partial charge in [0.25, 0.3) is 0 Å². The maximum Gasteiger partial charge on any atom is 0.121 e. The fourth-order valence-electron chi connectivity index (χ4n) is 3.73. The van der Waals surface area contributed by atoms with Gasteiger partial charge in [-0.3, -0.25) is 9.47 Å². The molecule has 0 aliphatic carbocycles. The standard InChI is InChI=1S/C22H28N4O/c1-23-18-6-8-19(9-7-18)26-17-24-21-16-20(10-11-22(21)26)27-15-14-25-12-4-2-3-5-13-25/h6-11,16-17,23H,2-5,12-15H2,1H3. The average molecular weight is 364 g/mol. The molecule has 4 rings (SSSR count). The van der Waals surface area contributed by atoms with Crippen LogP contribution in [0.15, 0.2) is 48.8 Å². The lowest BCUT2D eigenvalue weighted by atomic mass is 10.2. The third-order valence-electron chi connectivity index (χ3n) is 5.33. The summed E-state index contributed by atoms with van der Waals surface area (Å²) in [5, 5.41) is 3.15. The van der Waals surface area contributed by atoms with Crippen LogP contribution < -0.4 is 10.1 Å². The van der Waals surface area contributed by atoms with Crippen LogP contribution in [0.4, 0.5) is 5.69 Å². The lowest BCUT2D eigenvalue weighted by molar-refractivity contribution is 0.214. The summed E-state index contributed by atoms with van der Waals surface area (Å²) in [6, 6.07) is 14.5. The molecule has 3 aromatic rings. The number of nitrogens with zero attached hydrogens (tertiary/aromatic N) is 3. The second kappa shape index (κ2) is 8.44. The highest BCUT2D eigenvalue weighted by Gasteiger charge is 2.10. The fraction of sp³-hybridized carbons (Fsp3) is 0.409. The minimum atomic E-state index is 0.734. The molecule has 0 saturated carbocycles. The first-order chi connectivity index (χ1) is 13.3. The van der Waals surface area contributed by atoms with Gasteiger partial charge >= 0.3 is 0 Å². The lowest BCUT2D eigenvalue weighted by Crippen LogP contribution is -2.29. The molecule has 0 bridgehead atoms. The van der Waals surface area contributed by atoms with Gasteiger partial charge < -0.3 is 10.1 Å². The Labute approximate surface area is 161 Å². The number of anilines is 1. The summed E-state index contributed by atoms with van der Waals surface area (Å²) in [5.74, 6) is 0.896. The molecule has 0 amide bonds. The van der Waals surface area contributed by atoms with Crippen molar-refractivity contribution in [1.82, 2.24) is 14.5 Å². The first-order valence-electron chi connectivity index (χ1n) is 9.94. The van der Waals surface area contributed by atoms with Crippen molar-refractivity contribution in [2.24, 2.45) is 0 Å². The van der Waals surface area contributed by atoms with E-state index in [0.717, 1.165) is 41.3 Å². The molecule has 5 nitrogen and oxygen atoms in total. The van der Waals surface area contributed by atoms with Crippen molar-refractivity contribution in [2.45, 2.75) is 25.7 Å².